The molecule has 2 aromatic carbocycles. The molecule has 4 rings (SSSR count). The first-order valence-corrected chi connectivity index (χ1v) is 9.15. The number of hydrogen-bond acceptors (Lipinski definition) is 3. The number of aromatic nitrogens is 4. The summed E-state index contributed by atoms with van der Waals surface area (Å²) >= 11 is 0. The summed E-state index contributed by atoms with van der Waals surface area (Å²) in [7, 11) is 0. The molecule has 4 aromatic rings. The maximum atomic E-state index is 12.7. The van der Waals surface area contributed by atoms with Gasteiger partial charge in [0.2, 0.25) is 0 Å². The number of carbonyl (C=O) groups is 1. The van der Waals surface area contributed by atoms with E-state index in [-0.39, 0.29) is 5.91 Å². The van der Waals surface area contributed by atoms with E-state index < -0.39 is 0 Å². The molecular weight excluding hydrogens is 350 g/mol. The Morgan fingerprint density at radius 2 is 1.71 bits per heavy atom. The Balaban J connectivity index is 1.48. The van der Waals surface area contributed by atoms with Crippen molar-refractivity contribution in [1.29, 1.82) is 0 Å². The van der Waals surface area contributed by atoms with Crippen molar-refractivity contribution in [2.75, 3.05) is 0 Å². The molecule has 2 aromatic heterocycles. The number of rotatable bonds is 6. The topological polar surface area (TPSA) is 64.7 Å². The Hall–Kier alpha value is -3.67. The summed E-state index contributed by atoms with van der Waals surface area (Å²) in [6.45, 7) is 3.02. The van der Waals surface area contributed by atoms with Gasteiger partial charge in [-0.2, -0.15) is 10.2 Å². The van der Waals surface area contributed by atoms with E-state index in [2.05, 4.69) is 21.6 Å². The number of benzene rings is 2. The highest BCUT2D eigenvalue weighted by molar-refractivity contribution is 5.95. The van der Waals surface area contributed by atoms with Crippen LogP contribution in [-0.2, 0) is 13.1 Å². The van der Waals surface area contributed by atoms with E-state index in [4.69, 9.17) is 0 Å². The predicted octanol–water partition coefficient (Wildman–Crippen LogP) is 3.36. The van der Waals surface area contributed by atoms with E-state index >= 15 is 0 Å². The molecule has 0 atom stereocenters. The van der Waals surface area contributed by atoms with Gasteiger partial charge in [-0.3, -0.25) is 9.48 Å². The van der Waals surface area contributed by atoms with Crippen LogP contribution < -0.4 is 5.32 Å². The summed E-state index contributed by atoms with van der Waals surface area (Å²) in [5, 5.41) is 11.6. The van der Waals surface area contributed by atoms with Crippen LogP contribution in [0.15, 0.2) is 79.3 Å². The van der Waals surface area contributed by atoms with Gasteiger partial charge in [-0.1, -0.05) is 42.5 Å². The van der Waals surface area contributed by atoms with Crippen LogP contribution in [-0.4, -0.2) is 25.5 Å². The van der Waals surface area contributed by atoms with Crippen molar-refractivity contribution in [2.45, 2.75) is 20.0 Å². The van der Waals surface area contributed by atoms with Crippen molar-refractivity contribution in [3.63, 3.8) is 0 Å². The van der Waals surface area contributed by atoms with Crippen LogP contribution in [0.3, 0.4) is 0 Å². The summed E-state index contributed by atoms with van der Waals surface area (Å²) in [6.07, 6.45) is 5.31. The summed E-state index contributed by atoms with van der Waals surface area (Å²) in [4.78, 5) is 12.7. The number of nitrogens with one attached hydrogen (secondary N) is 1. The average Bonchev–Trinajstić information content (AvgIpc) is 3.37. The molecule has 0 aliphatic heterocycles. The van der Waals surface area contributed by atoms with Crippen molar-refractivity contribution >= 4 is 5.91 Å². The SMILES string of the molecule is Cc1c(C(=O)NCc2ccccc2Cn2cccn2)cnn1-c1ccccc1. The molecule has 6 nitrogen and oxygen atoms in total. The van der Waals surface area contributed by atoms with Crippen LogP contribution >= 0.6 is 0 Å². The number of nitrogens with zero attached hydrogens (tertiary/aromatic N) is 4. The van der Waals surface area contributed by atoms with Crippen molar-refractivity contribution in [3.8, 4) is 5.69 Å². The molecule has 0 saturated heterocycles. The number of carbonyl (C=O) groups excluding carboxylic acids is 1. The van der Waals surface area contributed by atoms with Crippen LogP contribution in [0.2, 0.25) is 0 Å². The summed E-state index contributed by atoms with van der Waals surface area (Å²) in [6, 6.07) is 19.8. The third kappa shape index (κ3) is 3.71. The Kier molecular flexibility index (Phi) is 5.01. The molecule has 0 aliphatic rings. The van der Waals surface area contributed by atoms with Crippen LogP contribution in [0.25, 0.3) is 5.69 Å². The van der Waals surface area contributed by atoms with E-state index in [1.165, 1.54) is 0 Å². The Bertz CT molecular complexity index is 1070. The van der Waals surface area contributed by atoms with E-state index in [9.17, 15) is 4.79 Å². The lowest BCUT2D eigenvalue weighted by molar-refractivity contribution is 0.0950. The summed E-state index contributed by atoms with van der Waals surface area (Å²) in [5.41, 5.74) is 4.52. The van der Waals surface area contributed by atoms with Crippen LogP contribution in [0.1, 0.15) is 27.2 Å². The molecular formula is C22H21N5O. The van der Waals surface area contributed by atoms with Crippen molar-refractivity contribution in [2.24, 2.45) is 0 Å². The van der Waals surface area contributed by atoms with Gasteiger partial charge < -0.3 is 5.32 Å². The quantitative estimate of drug-likeness (QED) is 0.565. The second-order valence-corrected chi connectivity index (χ2v) is 6.55. The van der Waals surface area contributed by atoms with Crippen molar-refractivity contribution < 1.29 is 4.79 Å². The smallest absolute Gasteiger partial charge is 0.255 e. The average molecular weight is 371 g/mol. The predicted molar refractivity (Wildman–Crippen MR) is 107 cm³/mol. The number of hydrogen-bond donors (Lipinski definition) is 1. The van der Waals surface area contributed by atoms with Gasteiger partial charge >= 0.3 is 0 Å². The lowest BCUT2D eigenvalue weighted by Gasteiger charge is -2.11. The fourth-order valence-corrected chi connectivity index (χ4v) is 3.19. The molecule has 140 valence electrons. The summed E-state index contributed by atoms with van der Waals surface area (Å²) < 4.78 is 3.65. The van der Waals surface area contributed by atoms with Crippen LogP contribution in [0.5, 0.6) is 0 Å². The van der Waals surface area contributed by atoms with Crippen LogP contribution in [0.4, 0.5) is 0 Å². The highest BCUT2D eigenvalue weighted by Crippen LogP contribution is 2.15. The van der Waals surface area contributed by atoms with Gasteiger partial charge in [0, 0.05) is 18.9 Å². The Labute approximate surface area is 163 Å². The van der Waals surface area contributed by atoms with Gasteiger partial charge in [0.25, 0.3) is 5.91 Å². The fourth-order valence-electron chi connectivity index (χ4n) is 3.19. The van der Waals surface area contributed by atoms with Crippen LogP contribution in [0, 0.1) is 6.92 Å². The molecule has 6 heteroatoms. The second kappa shape index (κ2) is 7.92. The first kappa shape index (κ1) is 17.7. The van der Waals surface area contributed by atoms with Gasteiger partial charge in [-0.05, 0) is 36.2 Å². The first-order valence-electron chi connectivity index (χ1n) is 9.15. The Morgan fingerprint density at radius 3 is 2.46 bits per heavy atom. The van der Waals surface area contributed by atoms with E-state index in [0.29, 0.717) is 18.7 Å². The lowest BCUT2D eigenvalue weighted by Crippen LogP contribution is -2.24. The minimum Gasteiger partial charge on any atom is -0.348 e. The molecule has 0 bridgehead atoms. The molecule has 0 radical (unpaired) electrons. The number of para-hydroxylation sites is 1. The Morgan fingerprint density at radius 1 is 0.964 bits per heavy atom. The normalized spacial score (nSPS) is 10.8. The molecule has 0 unspecified atom stereocenters. The molecule has 2 heterocycles. The fraction of sp³-hybridized carbons (Fsp3) is 0.136. The largest absolute Gasteiger partial charge is 0.348 e. The first-order chi connectivity index (χ1) is 13.7. The molecule has 0 saturated carbocycles. The molecule has 28 heavy (non-hydrogen) atoms. The monoisotopic (exact) mass is 371 g/mol. The third-order valence-corrected chi connectivity index (χ3v) is 4.70. The lowest BCUT2D eigenvalue weighted by atomic mass is 10.1. The minimum atomic E-state index is -0.131. The van der Waals surface area contributed by atoms with Crippen molar-refractivity contribution in [3.05, 3.63) is 102 Å². The molecule has 1 N–H and O–H groups in total. The van der Waals surface area contributed by atoms with E-state index in [1.807, 2.05) is 72.4 Å². The van der Waals surface area contributed by atoms with Crippen molar-refractivity contribution in [1.82, 2.24) is 24.9 Å². The molecule has 0 spiro atoms. The summed E-state index contributed by atoms with van der Waals surface area (Å²) in [5.74, 6) is -0.131. The second-order valence-electron chi connectivity index (χ2n) is 6.55. The maximum absolute atomic E-state index is 12.7. The maximum Gasteiger partial charge on any atom is 0.255 e. The van der Waals surface area contributed by atoms with Gasteiger partial charge in [0.1, 0.15) is 0 Å². The standard InChI is InChI=1S/C22H21N5O/c1-17-21(15-25-27(17)20-10-3-2-4-11-20)22(28)23-14-18-8-5-6-9-19(18)16-26-13-7-12-24-26/h2-13,15H,14,16H2,1H3,(H,23,28). The van der Waals surface area contributed by atoms with Gasteiger partial charge in [0.15, 0.2) is 0 Å². The zero-order valence-electron chi connectivity index (χ0n) is 15.6. The zero-order valence-corrected chi connectivity index (χ0v) is 15.6. The third-order valence-electron chi connectivity index (χ3n) is 4.70. The number of amides is 1. The molecule has 0 fully saturated rings. The molecule has 1 amide bonds. The zero-order chi connectivity index (χ0) is 19.3. The van der Waals surface area contributed by atoms with Gasteiger partial charge in [-0.25, -0.2) is 4.68 Å². The minimum absolute atomic E-state index is 0.131. The highest BCUT2D eigenvalue weighted by Gasteiger charge is 2.15. The molecule has 0 aliphatic carbocycles. The van der Waals surface area contributed by atoms with E-state index in [0.717, 1.165) is 22.5 Å². The van der Waals surface area contributed by atoms with Gasteiger partial charge in [0.05, 0.1) is 29.7 Å². The highest BCUT2D eigenvalue weighted by atomic mass is 16.1. The van der Waals surface area contributed by atoms with E-state index in [1.54, 1.807) is 17.1 Å². The van der Waals surface area contributed by atoms with Gasteiger partial charge in [-0.15, -0.1) is 0 Å².